The summed E-state index contributed by atoms with van der Waals surface area (Å²) in [7, 11) is 0. The van der Waals surface area contributed by atoms with Crippen LogP contribution in [0.15, 0.2) is 176 Å². The fraction of sp³-hybridized carbons (Fsp3) is 0. The molecule has 0 unspecified atom stereocenters. The van der Waals surface area contributed by atoms with E-state index in [2.05, 4.69) is 162 Å². The van der Waals surface area contributed by atoms with Gasteiger partial charge in [0.05, 0.1) is 22.8 Å². The van der Waals surface area contributed by atoms with Crippen LogP contribution in [0.3, 0.4) is 0 Å². The smallest absolute Gasteiger partial charge is 0.150 e. The highest BCUT2D eigenvalue weighted by Gasteiger charge is 2.21. The summed E-state index contributed by atoms with van der Waals surface area (Å²) in [4.78, 5) is 30.1. The van der Waals surface area contributed by atoms with Crippen molar-refractivity contribution in [2.75, 3.05) is 0 Å². The topological polar surface area (TPSA) is 74.4 Å². The molecule has 0 aliphatic carbocycles. The van der Waals surface area contributed by atoms with Crippen LogP contribution in [-0.4, -0.2) is 26.2 Å². The van der Waals surface area contributed by atoms with Crippen LogP contribution in [0.4, 0.5) is 0 Å². The fourth-order valence-corrected chi connectivity index (χ4v) is 7.94. The van der Waals surface area contributed by atoms with Crippen molar-refractivity contribution < 1.29 is 4.79 Å². The zero-order valence-electron chi connectivity index (χ0n) is 31.4. The summed E-state index contributed by atoms with van der Waals surface area (Å²) in [5.74, 6) is 0. The van der Waals surface area contributed by atoms with Gasteiger partial charge in [-0.25, -0.2) is 9.97 Å². The molecule has 5 heterocycles. The number of hydrogen-bond donors (Lipinski definition) is 2. The molecule has 5 heteroatoms. The van der Waals surface area contributed by atoms with E-state index in [0.29, 0.717) is 5.56 Å². The Morgan fingerprint density at radius 1 is 0.379 bits per heavy atom. The minimum atomic E-state index is 0.640. The van der Waals surface area contributed by atoms with Crippen LogP contribution in [0.5, 0.6) is 0 Å². The monoisotopic (exact) mass is 744 g/mol. The maximum Gasteiger partial charge on any atom is 0.150 e. The summed E-state index contributed by atoms with van der Waals surface area (Å²) >= 11 is 0. The quantitative estimate of drug-likeness (QED) is 0.160. The van der Waals surface area contributed by atoms with Crippen molar-refractivity contribution in [3.63, 3.8) is 0 Å². The second-order valence-electron chi connectivity index (χ2n) is 14.3. The summed E-state index contributed by atoms with van der Waals surface area (Å²) in [6, 6.07) is 58.1. The molecule has 0 saturated carbocycles. The molecule has 2 N–H and O–H groups in total. The largest absolute Gasteiger partial charge is 0.354 e. The summed E-state index contributed by atoms with van der Waals surface area (Å²) in [5.41, 5.74) is 18.0. The van der Waals surface area contributed by atoms with Gasteiger partial charge < -0.3 is 9.97 Å². The van der Waals surface area contributed by atoms with E-state index in [4.69, 9.17) is 9.97 Å². The van der Waals surface area contributed by atoms with Gasteiger partial charge in [-0.3, -0.25) is 4.79 Å². The molecule has 274 valence electrons. The highest BCUT2D eigenvalue weighted by molar-refractivity contribution is 6.04. The number of nitrogens with zero attached hydrogens (tertiary/aromatic N) is 2. The van der Waals surface area contributed by atoms with Gasteiger partial charge in [-0.15, -0.1) is 0 Å². The number of nitrogens with one attached hydrogen (secondary N) is 2. The minimum Gasteiger partial charge on any atom is -0.354 e. The molecule has 0 atom stereocenters. The predicted octanol–water partition coefficient (Wildman–Crippen LogP) is 13.2. The van der Waals surface area contributed by atoms with Crippen LogP contribution in [0, 0.1) is 0 Å². The zero-order valence-corrected chi connectivity index (χ0v) is 31.4. The lowest BCUT2D eigenvalue weighted by molar-refractivity contribution is 0.112. The van der Waals surface area contributed by atoms with Gasteiger partial charge in [0.2, 0.25) is 0 Å². The molecule has 0 radical (unpaired) electrons. The predicted molar refractivity (Wildman–Crippen MR) is 240 cm³/mol. The average Bonchev–Trinajstić information content (AvgIpc) is 4.12. The van der Waals surface area contributed by atoms with Crippen molar-refractivity contribution in [3.8, 4) is 44.5 Å². The Bertz CT molecular complexity index is 3080. The number of fused-ring (bicyclic) bond motifs is 8. The lowest BCUT2D eigenvalue weighted by Gasteiger charge is -2.08. The van der Waals surface area contributed by atoms with Gasteiger partial charge in [0.15, 0.2) is 0 Å². The van der Waals surface area contributed by atoms with E-state index in [9.17, 15) is 4.79 Å². The van der Waals surface area contributed by atoms with Crippen molar-refractivity contribution >= 4 is 58.2 Å². The van der Waals surface area contributed by atoms with E-state index in [1.54, 1.807) is 0 Å². The van der Waals surface area contributed by atoms with Crippen molar-refractivity contribution in [2.45, 2.75) is 0 Å². The Kier molecular flexibility index (Phi) is 8.93. The molecular formula is C53H36N4O. The number of carbonyl (C=O) groups is 1. The second-order valence-corrected chi connectivity index (χ2v) is 14.3. The van der Waals surface area contributed by atoms with Gasteiger partial charge in [-0.1, -0.05) is 158 Å². The number of aldehydes is 1. The third-order valence-electron chi connectivity index (χ3n) is 10.7. The molecule has 0 amide bonds. The maximum absolute atomic E-state index is 11.4. The summed E-state index contributed by atoms with van der Waals surface area (Å²) in [5, 5.41) is 0. The van der Waals surface area contributed by atoms with Crippen molar-refractivity contribution in [2.24, 2.45) is 0 Å². The first-order valence-electron chi connectivity index (χ1n) is 19.4. The zero-order chi connectivity index (χ0) is 38.8. The van der Waals surface area contributed by atoms with E-state index in [1.165, 1.54) is 0 Å². The van der Waals surface area contributed by atoms with Gasteiger partial charge in [0.25, 0.3) is 0 Å². The van der Waals surface area contributed by atoms with Gasteiger partial charge in [0, 0.05) is 55.5 Å². The summed E-state index contributed by atoms with van der Waals surface area (Å²) in [6.45, 7) is 0. The van der Waals surface area contributed by atoms with Gasteiger partial charge >= 0.3 is 0 Å². The van der Waals surface area contributed by atoms with Crippen LogP contribution < -0.4 is 0 Å². The molecule has 0 saturated heterocycles. The highest BCUT2D eigenvalue weighted by atomic mass is 16.1. The van der Waals surface area contributed by atoms with Crippen LogP contribution in [0.1, 0.15) is 38.7 Å². The van der Waals surface area contributed by atoms with E-state index in [1.807, 2.05) is 48.5 Å². The molecule has 0 spiro atoms. The molecule has 8 bridgehead atoms. The molecule has 58 heavy (non-hydrogen) atoms. The number of hydrogen-bond acceptors (Lipinski definition) is 3. The molecular weight excluding hydrogens is 709 g/mol. The second kappa shape index (κ2) is 15.0. The van der Waals surface area contributed by atoms with Gasteiger partial charge in [-0.2, -0.15) is 0 Å². The Balaban J connectivity index is 1.38. The number of H-pyrrole nitrogens is 2. The van der Waals surface area contributed by atoms with Crippen molar-refractivity contribution in [3.05, 3.63) is 210 Å². The fourth-order valence-electron chi connectivity index (χ4n) is 7.94. The number of carbonyl (C=O) groups excluding carboxylic acids is 1. The number of aromatic amines is 2. The standard InChI is InChI=1S/C53H36N4O/c58-34-36-23-21-35(22-24-36)25-26-41-33-48-51(39-17-9-3-10-18-39)46-30-29-44(55-46)49(37-13-5-1-6-14-37)42-27-28-43(54-42)50(38-15-7-2-8-16-38)45-31-32-47(56-45)52(53(41)57-48)40-19-11-4-12-20-40/h1-34,55-56H/b26-25-,49-42?,49-44?,50-43?,50-45?,51-46?,51-48?,52-47?,53-52?. The van der Waals surface area contributed by atoms with Gasteiger partial charge in [-0.05, 0) is 70.3 Å². The Morgan fingerprint density at radius 2 is 0.776 bits per heavy atom. The lowest BCUT2D eigenvalue weighted by atomic mass is 9.98. The van der Waals surface area contributed by atoms with Gasteiger partial charge in [0.1, 0.15) is 6.29 Å². The molecule has 5 aromatic carbocycles. The van der Waals surface area contributed by atoms with E-state index >= 15 is 0 Å². The minimum absolute atomic E-state index is 0.640. The van der Waals surface area contributed by atoms with Crippen molar-refractivity contribution in [1.29, 1.82) is 0 Å². The molecule has 8 aromatic rings. The normalized spacial score (nSPS) is 12.2. The summed E-state index contributed by atoms with van der Waals surface area (Å²) in [6.07, 6.45) is 11.5. The first-order valence-corrected chi connectivity index (χ1v) is 19.4. The average molecular weight is 745 g/mol. The Morgan fingerprint density at radius 3 is 1.22 bits per heavy atom. The number of aromatic nitrogens is 4. The van der Waals surface area contributed by atoms with E-state index < -0.39 is 0 Å². The Hall–Kier alpha value is -7.89. The van der Waals surface area contributed by atoms with Crippen LogP contribution in [-0.2, 0) is 0 Å². The van der Waals surface area contributed by atoms with Crippen LogP contribution in [0.25, 0.3) is 96.5 Å². The molecule has 3 aromatic heterocycles. The lowest BCUT2D eigenvalue weighted by Crippen LogP contribution is -1.90. The van der Waals surface area contributed by atoms with Crippen molar-refractivity contribution in [1.82, 2.24) is 19.9 Å². The molecule has 5 nitrogen and oxygen atoms in total. The van der Waals surface area contributed by atoms with Crippen LogP contribution >= 0.6 is 0 Å². The first-order chi connectivity index (χ1) is 28.7. The highest BCUT2D eigenvalue weighted by Crippen LogP contribution is 2.40. The molecule has 2 aliphatic heterocycles. The van der Waals surface area contributed by atoms with Crippen LogP contribution in [0.2, 0.25) is 0 Å². The number of benzene rings is 5. The first kappa shape index (κ1) is 34.6. The third-order valence-corrected chi connectivity index (χ3v) is 10.7. The summed E-state index contributed by atoms with van der Waals surface area (Å²) < 4.78 is 0. The number of rotatable bonds is 7. The van der Waals surface area contributed by atoms with E-state index in [0.717, 1.165) is 107 Å². The number of allylic oxidation sites excluding steroid dienone is 2. The third kappa shape index (κ3) is 6.51. The molecule has 10 rings (SSSR count). The molecule has 0 fully saturated rings. The van der Waals surface area contributed by atoms with E-state index in [-0.39, 0.29) is 0 Å². The Labute approximate surface area is 336 Å². The molecule has 2 aliphatic rings. The SMILES string of the molecule is O=Cc1ccc(/C=C\C2=Cc3nc2c(-c2ccccc2)c2ccc([nH]2)c(-c2ccccc2)c2nc(c(-c4ccccc4)c4ccc([nH]4)c3-c3ccccc3)C=C2)cc1. The maximum atomic E-state index is 11.4.